The van der Waals surface area contributed by atoms with Crippen LogP contribution in [0.5, 0.6) is 0 Å². The number of hydrogen-bond donors (Lipinski definition) is 2. The third-order valence-corrected chi connectivity index (χ3v) is 3.93. The van der Waals surface area contributed by atoms with Gasteiger partial charge in [0.15, 0.2) is 5.69 Å². The second kappa shape index (κ2) is 6.13. The third-order valence-electron chi connectivity index (χ3n) is 3.93. The second-order valence-electron chi connectivity index (χ2n) is 5.42. The summed E-state index contributed by atoms with van der Waals surface area (Å²) < 4.78 is 1.94. The standard InChI is InChI=1S/C15H20N6O/c1-3-16-15(22)12-7-8-14(20-19-12)18-11-5-4-6-13-10(11)9-17-21(13)2/h7-9,11H,3-6H2,1-2H3,(H,16,22)(H,18,20)/t11-/m0/s1. The summed E-state index contributed by atoms with van der Waals surface area (Å²) in [6.45, 7) is 2.45. The molecule has 3 rings (SSSR count). The molecule has 1 aliphatic rings. The predicted octanol–water partition coefficient (Wildman–Crippen LogP) is 1.45. The van der Waals surface area contributed by atoms with Crippen LogP contribution in [0, 0.1) is 0 Å². The number of carbonyl (C=O) groups is 1. The summed E-state index contributed by atoms with van der Waals surface area (Å²) in [5.41, 5.74) is 2.83. The van der Waals surface area contributed by atoms with Crippen LogP contribution in [0.4, 0.5) is 5.82 Å². The summed E-state index contributed by atoms with van der Waals surface area (Å²) in [6.07, 6.45) is 5.14. The van der Waals surface area contributed by atoms with E-state index in [0.717, 1.165) is 19.3 Å². The van der Waals surface area contributed by atoms with Crippen LogP contribution in [0.25, 0.3) is 0 Å². The minimum Gasteiger partial charge on any atom is -0.362 e. The van der Waals surface area contributed by atoms with E-state index in [4.69, 9.17) is 0 Å². The molecule has 1 atom stereocenters. The number of hydrogen-bond acceptors (Lipinski definition) is 5. The topological polar surface area (TPSA) is 84.7 Å². The number of fused-ring (bicyclic) bond motifs is 1. The molecule has 0 spiro atoms. The van der Waals surface area contributed by atoms with Crippen LogP contribution >= 0.6 is 0 Å². The van der Waals surface area contributed by atoms with Crippen LogP contribution < -0.4 is 10.6 Å². The van der Waals surface area contributed by atoms with Gasteiger partial charge < -0.3 is 10.6 Å². The monoisotopic (exact) mass is 300 g/mol. The molecule has 1 amide bonds. The molecule has 2 aromatic heterocycles. The quantitative estimate of drug-likeness (QED) is 0.892. The van der Waals surface area contributed by atoms with Crippen molar-refractivity contribution >= 4 is 11.7 Å². The van der Waals surface area contributed by atoms with Crippen LogP contribution in [0.15, 0.2) is 18.3 Å². The highest BCUT2D eigenvalue weighted by molar-refractivity contribution is 5.92. The average molecular weight is 300 g/mol. The minimum absolute atomic E-state index is 0.196. The summed E-state index contributed by atoms with van der Waals surface area (Å²) in [7, 11) is 1.97. The van der Waals surface area contributed by atoms with Crippen LogP contribution in [0.3, 0.4) is 0 Å². The molecule has 1 aliphatic carbocycles. The lowest BCUT2D eigenvalue weighted by molar-refractivity contribution is 0.0950. The first-order valence-electron chi connectivity index (χ1n) is 7.58. The molecule has 0 aromatic carbocycles. The van der Waals surface area contributed by atoms with Gasteiger partial charge in [0.1, 0.15) is 5.82 Å². The van der Waals surface area contributed by atoms with Crippen molar-refractivity contribution in [1.29, 1.82) is 0 Å². The minimum atomic E-state index is -0.200. The normalized spacial score (nSPS) is 16.9. The smallest absolute Gasteiger partial charge is 0.271 e. The molecule has 0 bridgehead atoms. The molecule has 7 heteroatoms. The van der Waals surface area contributed by atoms with Gasteiger partial charge in [-0.3, -0.25) is 9.48 Å². The zero-order chi connectivity index (χ0) is 15.5. The average Bonchev–Trinajstić information content (AvgIpc) is 2.91. The van der Waals surface area contributed by atoms with Crippen LogP contribution in [0.2, 0.25) is 0 Å². The van der Waals surface area contributed by atoms with Crippen molar-refractivity contribution in [2.75, 3.05) is 11.9 Å². The van der Waals surface area contributed by atoms with Crippen molar-refractivity contribution in [2.45, 2.75) is 32.2 Å². The molecule has 0 radical (unpaired) electrons. The fraction of sp³-hybridized carbons (Fsp3) is 0.467. The Morgan fingerprint density at radius 1 is 1.41 bits per heavy atom. The molecule has 0 saturated heterocycles. The molecule has 0 aliphatic heterocycles. The molecule has 2 aromatic rings. The van der Waals surface area contributed by atoms with E-state index in [1.165, 1.54) is 11.3 Å². The van der Waals surface area contributed by atoms with E-state index < -0.39 is 0 Å². The maximum Gasteiger partial charge on any atom is 0.271 e. The maximum atomic E-state index is 11.7. The summed E-state index contributed by atoms with van der Waals surface area (Å²) in [6, 6.07) is 3.68. The van der Waals surface area contributed by atoms with E-state index in [-0.39, 0.29) is 11.9 Å². The second-order valence-corrected chi connectivity index (χ2v) is 5.42. The van der Waals surface area contributed by atoms with E-state index in [2.05, 4.69) is 25.9 Å². The van der Waals surface area contributed by atoms with Crippen molar-refractivity contribution in [2.24, 2.45) is 7.05 Å². The Kier molecular flexibility index (Phi) is 4.04. The molecule has 2 N–H and O–H groups in total. The SMILES string of the molecule is CCNC(=O)c1ccc(N[C@H]2CCCc3c2cnn3C)nn1. The first kappa shape index (κ1) is 14.5. The van der Waals surface area contributed by atoms with Crippen LogP contribution in [-0.4, -0.2) is 32.4 Å². The van der Waals surface area contributed by atoms with Gasteiger partial charge in [-0.15, -0.1) is 10.2 Å². The van der Waals surface area contributed by atoms with Gasteiger partial charge in [-0.05, 0) is 38.3 Å². The molecule has 0 unspecified atom stereocenters. The fourth-order valence-electron chi connectivity index (χ4n) is 2.82. The molecular weight excluding hydrogens is 280 g/mol. The molecule has 0 fully saturated rings. The number of anilines is 1. The summed E-state index contributed by atoms with van der Waals surface area (Å²) in [5.74, 6) is 0.475. The first-order valence-corrected chi connectivity index (χ1v) is 7.58. The highest BCUT2D eigenvalue weighted by atomic mass is 16.1. The molecule has 7 nitrogen and oxygen atoms in total. The van der Waals surface area contributed by atoms with Crippen molar-refractivity contribution in [3.8, 4) is 0 Å². The van der Waals surface area contributed by atoms with Crippen molar-refractivity contribution < 1.29 is 4.79 Å². The van der Waals surface area contributed by atoms with Gasteiger partial charge in [0.05, 0.1) is 12.2 Å². The number of nitrogens with zero attached hydrogens (tertiary/aromatic N) is 4. The maximum absolute atomic E-state index is 11.7. The zero-order valence-electron chi connectivity index (χ0n) is 12.8. The lowest BCUT2D eigenvalue weighted by Crippen LogP contribution is -2.24. The number of nitrogens with one attached hydrogen (secondary N) is 2. The van der Waals surface area contributed by atoms with Crippen molar-refractivity contribution in [3.63, 3.8) is 0 Å². The summed E-state index contributed by atoms with van der Waals surface area (Å²) in [4.78, 5) is 11.7. The number of carbonyl (C=O) groups excluding carboxylic acids is 1. The Bertz CT molecular complexity index is 663. The van der Waals surface area contributed by atoms with E-state index in [1.807, 2.05) is 24.9 Å². The van der Waals surface area contributed by atoms with Crippen molar-refractivity contribution in [1.82, 2.24) is 25.3 Å². The molecule has 22 heavy (non-hydrogen) atoms. The summed E-state index contributed by atoms with van der Waals surface area (Å²) in [5, 5.41) is 18.5. The van der Waals surface area contributed by atoms with Gasteiger partial charge in [0, 0.05) is 24.8 Å². The summed E-state index contributed by atoms with van der Waals surface area (Å²) >= 11 is 0. The van der Waals surface area contributed by atoms with Gasteiger partial charge in [-0.1, -0.05) is 0 Å². The Labute approximate surface area is 129 Å². The van der Waals surface area contributed by atoms with E-state index in [0.29, 0.717) is 18.1 Å². The van der Waals surface area contributed by atoms with Crippen molar-refractivity contribution in [3.05, 3.63) is 35.3 Å². The van der Waals surface area contributed by atoms with E-state index >= 15 is 0 Å². The first-order chi connectivity index (χ1) is 10.7. The number of aromatic nitrogens is 4. The number of rotatable bonds is 4. The predicted molar refractivity (Wildman–Crippen MR) is 82.5 cm³/mol. The highest BCUT2D eigenvalue weighted by Crippen LogP contribution is 2.31. The van der Waals surface area contributed by atoms with Gasteiger partial charge in [0.2, 0.25) is 0 Å². The molecule has 0 saturated carbocycles. The third kappa shape index (κ3) is 2.79. The molecule has 2 heterocycles. The Morgan fingerprint density at radius 3 is 3.00 bits per heavy atom. The zero-order valence-corrected chi connectivity index (χ0v) is 12.8. The fourth-order valence-corrected chi connectivity index (χ4v) is 2.82. The van der Waals surface area contributed by atoms with Gasteiger partial charge in [-0.25, -0.2) is 0 Å². The lowest BCUT2D eigenvalue weighted by Gasteiger charge is -2.24. The van der Waals surface area contributed by atoms with Gasteiger partial charge >= 0.3 is 0 Å². The highest BCUT2D eigenvalue weighted by Gasteiger charge is 2.23. The number of aryl methyl sites for hydroxylation is 1. The Morgan fingerprint density at radius 2 is 2.27 bits per heavy atom. The molecule has 116 valence electrons. The largest absolute Gasteiger partial charge is 0.362 e. The Hall–Kier alpha value is -2.44. The van der Waals surface area contributed by atoms with Crippen LogP contribution in [-0.2, 0) is 13.5 Å². The molecular formula is C15H20N6O. The lowest BCUT2D eigenvalue weighted by atomic mass is 9.93. The van der Waals surface area contributed by atoms with E-state index in [9.17, 15) is 4.79 Å². The van der Waals surface area contributed by atoms with Gasteiger partial charge in [-0.2, -0.15) is 5.10 Å². The van der Waals surface area contributed by atoms with E-state index in [1.54, 1.807) is 12.1 Å². The van der Waals surface area contributed by atoms with Gasteiger partial charge in [0.25, 0.3) is 5.91 Å². The van der Waals surface area contributed by atoms with Crippen LogP contribution in [0.1, 0.15) is 47.6 Å². The Balaban J connectivity index is 1.73. The number of amides is 1.